The van der Waals surface area contributed by atoms with Gasteiger partial charge in [0, 0.05) is 10.3 Å². The highest BCUT2D eigenvalue weighted by atomic mass is 32.2. The number of pyridine rings is 1. The second kappa shape index (κ2) is 8.57. The quantitative estimate of drug-likeness (QED) is 0.374. The Morgan fingerprint density at radius 3 is 2.62 bits per heavy atom. The topological polar surface area (TPSA) is 83.1 Å². The fourth-order valence-corrected chi connectivity index (χ4v) is 5.96. The van der Waals surface area contributed by atoms with Crippen LogP contribution in [0.5, 0.6) is 0 Å². The number of carbonyl (C=O) groups is 1. The zero-order valence-electron chi connectivity index (χ0n) is 19.0. The van der Waals surface area contributed by atoms with Crippen LogP contribution in [-0.2, 0) is 4.79 Å². The van der Waals surface area contributed by atoms with E-state index in [4.69, 9.17) is 0 Å². The van der Waals surface area contributed by atoms with E-state index < -0.39 is 0 Å². The monoisotopic (exact) mass is 463 g/mol. The van der Waals surface area contributed by atoms with Crippen molar-refractivity contribution in [3.05, 3.63) is 50.9 Å². The molecule has 0 aliphatic rings. The van der Waals surface area contributed by atoms with Crippen molar-refractivity contribution in [2.45, 2.75) is 58.4 Å². The van der Waals surface area contributed by atoms with Crippen LogP contribution < -0.4 is 5.32 Å². The van der Waals surface area contributed by atoms with Gasteiger partial charge in [0.1, 0.15) is 11.1 Å². The van der Waals surface area contributed by atoms with E-state index in [2.05, 4.69) is 58.9 Å². The number of nitriles is 1. The third-order valence-electron chi connectivity index (χ3n) is 5.74. The van der Waals surface area contributed by atoms with Gasteiger partial charge < -0.3 is 5.32 Å². The van der Waals surface area contributed by atoms with E-state index in [1.807, 2.05) is 26.8 Å². The number of rotatable bonds is 5. The van der Waals surface area contributed by atoms with Gasteiger partial charge in [0.15, 0.2) is 10.8 Å². The lowest BCUT2D eigenvalue weighted by molar-refractivity contribution is -0.115. The van der Waals surface area contributed by atoms with E-state index in [9.17, 15) is 10.1 Å². The van der Waals surface area contributed by atoms with Crippen LogP contribution in [0.15, 0.2) is 23.4 Å². The van der Waals surface area contributed by atoms with Crippen LogP contribution >= 0.6 is 23.1 Å². The summed E-state index contributed by atoms with van der Waals surface area (Å²) in [5.41, 5.74) is 6.82. The molecule has 8 heteroatoms. The number of anilines is 1. The second-order valence-electron chi connectivity index (χ2n) is 8.08. The molecule has 0 spiro atoms. The Labute approximate surface area is 195 Å². The molecule has 1 atom stereocenters. The highest BCUT2D eigenvalue weighted by Gasteiger charge is 2.24. The van der Waals surface area contributed by atoms with Crippen molar-refractivity contribution in [3.63, 3.8) is 0 Å². The SMILES string of the molecule is CCC(Sc1nnc2cc(C)c3cc(C)cc(C)c3n12)C(=O)Nc1sc(C)c(C)c1C#N. The van der Waals surface area contributed by atoms with Crippen LogP contribution in [0.25, 0.3) is 16.6 Å². The number of thiophene rings is 1. The van der Waals surface area contributed by atoms with Crippen LogP contribution in [0.4, 0.5) is 5.00 Å². The third-order valence-corrected chi connectivity index (χ3v) is 8.17. The number of benzene rings is 1. The summed E-state index contributed by atoms with van der Waals surface area (Å²) >= 11 is 2.85. The fourth-order valence-electron chi connectivity index (χ4n) is 3.98. The van der Waals surface area contributed by atoms with Crippen molar-refractivity contribution < 1.29 is 4.79 Å². The van der Waals surface area contributed by atoms with Gasteiger partial charge in [-0.25, -0.2) is 0 Å². The largest absolute Gasteiger partial charge is 0.316 e. The second-order valence-corrected chi connectivity index (χ2v) is 10.5. The average molecular weight is 464 g/mol. The van der Waals surface area contributed by atoms with Crippen molar-refractivity contribution >= 4 is 50.6 Å². The Kier molecular flexibility index (Phi) is 5.97. The summed E-state index contributed by atoms with van der Waals surface area (Å²) in [5, 5.41) is 23.4. The lowest BCUT2D eigenvalue weighted by atomic mass is 10.0. The predicted octanol–water partition coefficient (Wildman–Crippen LogP) is 5.87. The first kappa shape index (κ1) is 22.3. The smallest absolute Gasteiger partial charge is 0.238 e. The molecule has 4 aromatic rings. The van der Waals surface area contributed by atoms with E-state index in [1.54, 1.807) is 0 Å². The first-order valence-corrected chi connectivity index (χ1v) is 12.2. The maximum atomic E-state index is 13.1. The van der Waals surface area contributed by atoms with Gasteiger partial charge in [0.05, 0.1) is 16.3 Å². The molecule has 0 bridgehead atoms. The molecule has 164 valence electrons. The minimum absolute atomic E-state index is 0.129. The number of hydrogen-bond donors (Lipinski definition) is 1. The minimum Gasteiger partial charge on any atom is -0.316 e. The Bertz CT molecular complexity index is 1410. The number of aryl methyl sites for hydroxylation is 4. The van der Waals surface area contributed by atoms with Crippen LogP contribution in [-0.4, -0.2) is 25.8 Å². The highest BCUT2D eigenvalue weighted by Crippen LogP contribution is 2.34. The Morgan fingerprint density at radius 1 is 1.19 bits per heavy atom. The molecule has 0 saturated carbocycles. The molecule has 3 heterocycles. The van der Waals surface area contributed by atoms with Crippen molar-refractivity contribution in [1.82, 2.24) is 14.6 Å². The maximum absolute atomic E-state index is 13.1. The summed E-state index contributed by atoms with van der Waals surface area (Å²) in [6, 6.07) is 8.59. The van der Waals surface area contributed by atoms with Gasteiger partial charge in [0.2, 0.25) is 5.91 Å². The lowest BCUT2D eigenvalue weighted by Crippen LogP contribution is -2.24. The molecule has 0 radical (unpaired) electrons. The number of amides is 1. The summed E-state index contributed by atoms with van der Waals surface area (Å²) in [6.45, 7) is 12.1. The van der Waals surface area contributed by atoms with E-state index in [0.29, 0.717) is 22.1 Å². The minimum atomic E-state index is -0.362. The summed E-state index contributed by atoms with van der Waals surface area (Å²) in [6.07, 6.45) is 0.624. The van der Waals surface area contributed by atoms with E-state index in [-0.39, 0.29) is 11.2 Å². The number of hydrogen-bond acceptors (Lipinski definition) is 6. The summed E-state index contributed by atoms with van der Waals surface area (Å²) in [4.78, 5) is 14.2. The number of nitrogens with zero attached hydrogens (tertiary/aromatic N) is 4. The molecule has 32 heavy (non-hydrogen) atoms. The van der Waals surface area contributed by atoms with E-state index in [0.717, 1.165) is 38.1 Å². The molecule has 6 nitrogen and oxygen atoms in total. The number of thioether (sulfide) groups is 1. The number of carbonyl (C=O) groups excluding carboxylic acids is 1. The Hall–Kier alpha value is -2.89. The summed E-state index contributed by atoms with van der Waals surface area (Å²) < 4.78 is 2.05. The first-order chi connectivity index (χ1) is 15.2. The van der Waals surface area contributed by atoms with Crippen molar-refractivity contribution in [2.24, 2.45) is 0 Å². The molecular formula is C24H25N5OS2. The molecule has 1 aromatic carbocycles. The van der Waals surface area contributed by atoms with Gasteiger partial charge >= 0.3 is 0 Å². The number of aromatic nitrogens is 3. The first-order valence-electron chi connectivity index (χ1n) is 10.5. The third kappa shape index (κ3) is 3.76. The molecular weight excluding hydrogens is 438 g/mol. The molecule has 0 aliphatic heterocycles. The molecule has 1 amide bonds. The normalized spacial score (nSPS) is 12.3. The van der Waals surface area contributed by atoms with Crippen molar-refractivity contribution in [2.75, 3.05) is 5.32 Å². The van der Waals surface area contributed by atoms with Gasteiger partial charge in [-0.2, -0.15) is 5.26 Å². The average Bonchev–Trinajstić information content (AvgIpc) is 3.25. The zero-order valence-corrected chi connectivity index (χ0v) is 20.7. The molecule has 1 unspecified atom stereocenters. The van der Waals surface area contributed by atoms with E-state index in [1.165, 1.54) is 28.7 Å². The van der Waals surface area contributed by atoms with Crippen LogP contribution in [0.1, 0.15) is 46.0 Å². The highest BCUT2D eigenvalue weighted by molar-refractivity contribution is 8.00. The Balaban J connectivity index is 1.72. The number of nitrogens with one attached hydrogen (secondary N) is 1. The van der Waals surface area contributed by atoms with Gasteiger partial charge in [0.25, 0.3) is 0 Å². The fraction of sp³-hybridized carbons (Fsp3) is 0.333. The van der Waals surface area contributed by atoms with Crippen molar-refractivity contribution in [3.8, 4) is 6.07 Å². The molecule has 1 N–H and O–H groups in total. The van der Waals surface area contributed by atoms with Crippen LogP contribution in [0, 0.1) is 45.9 Å². The van der Waals surface area contributed by atoms with Crippen LogP contribution in [0.3, 0.4) is 0 Å². The van der Waals surface area contributed by atoms with Crippen LogP contribution in [0.2, 0.25) is 0 Å². The van der Waals surface area contributed by atoms with Gasteiger partial charge in [-0.3, -0.25) is 9.20 Å². The maximum Gasteiger partial charge on any atom is 0.238 e. The van der Waals surface area contributed by atoms with Gasteiger partial charge in [-0.05, 0) is 69.9 Å². The summed E-state index contributed by atoms with van der Waals surface area (Å²) in [5.74, 6) is -0.129. The van der Waals surface area contributed by atoms with Crippen molar-refractivity contribution in [1.29, 1.82) is 5.26 Å². The molecule has 4 rings (SSSR count). The standard InChI is InChI=1S/C24H25N5OS2/c1-7-19(22(30)26-23-18(11-25)15(5)16(6)31-23)32-24-28-27-20-10-13(3)17-9-12(2)8-14(4)21(17)29(20)24/h8-10,19H,7H2,1-6H3,(H,26,30). The molecule has 0 aliphatic carbocycles. The lowest BCUT2D eigenvalue weighted by Gasteiger charge is -2.15. The van der Waals surface area contributed by atoms with E-state index >= 15 is 0 Å². The number of fused-ring (bicyclic) bond motifs is 3. The summed E-state index contributed by atoms with van der Waals surface area (Å²) in [7, 11) is 0. The zero-order chi connectivity index (χ0) is 23.2. The van der Waals surface area contributed by atoms with Gasteiger partial charge in [-0.15, -0.1) is 21.5 Å². The molecule has 3 aromatic heterocycles. The predicted molar refractivity (Wildman–Crippen MR) is 132 cm³/mol. The van der Waals surface area contributed by atoms with Gasteiger partial charge in [-0.1, -0.05) is 30.3 Å². The molecule has 0 fully saturated rings. The Morgan fingerprint density at radius 2 is 1.94 bits per heavy atom. The molecule has 0 saturated heterocycles.